The fourth-order valence-corrected chi connectivity index (χ4v) is 3.16. The van der Waals surface area contributed by atoms with Crippen molar-refractivity contribution in [3.05, 3.63) is 65.2 Å². The standard InChI is InChI=1S/C21H22N2O4/c1-4-22(15-11-9-14(10-12-15)21(2,3)27)18(24)13-23-19(25)16-7-5-6-8-17(16)20(23)26/h5-12,27H,4,13H2,1-3H3. The fourth-order valence-electron chi connectivity index (χ4n) is 3.16. The Bertz CT molecular complexity index is 862. The minimum Gasteiger partial charge on any atom is -0.386 e. The Balaban J connectivity index is 1.79. The van der Waals surface area contributed by atoms with Crippen LogP contribution in [0.15, 0.2) is 48.5 Å². The molecule has 0 radical (unpaired) electrons. The van der Waals surface area contributed by atoms with E-state index in [0.717, 1.165) is 10.5 Å². The smallest absolute Gasteiger partial charge is 0.262 e. The van der Waals surface area contributed by atoms with E-state index < -0.39 is 17.4 Å². The van der Waals surface area contributed by atoms with Crippen molar-refractivity contribution in [3.63, 3.8) is 0 Å². The number of amides is 3. The van der Waals surface area contributed by atoms with Crippen LogP contribution in [0.3, 0.4) is 0 Å². The van der Waals surface area contributed by atoms with E-state index in [-0.39, 0.29) is 12.5 Å². The highest BCUT2D eigenvalue weighted by Crippen LogP contribution is 2.25. The number of likely N-dealkylation sites (N-methyl/N-ethyl adjacent to an activating group) is 1. The van der Waals surface area contributed by atoms with E-state index in [2.05, 4.69) is 0 Å². The summed E-state index contributed by atoms with van der Waals surface area (Å²) in [6.07, 6.45) is 0. The van der Waals surface area contributed by atoms with Crippen molar-refractivity contribution in [2.75, 3.05) is 18.0 Å². The van der Waals surface area contributed by atoms with Crippen LogP contribution in [-0.4, -0.2) is 40.8 Å². The number of hydrogen-bond acceptors (Lipinski definition) is 4. The minimum absolute atomic E-state index is 0.312. The van der Waals surface area contributed by atoms with E-state index >= 15 is 0 Å². The first kappa shape index (κ1) is 18.8. The van der Waals surface area contributed by atoms with Crippen molar-refractivity contribution in [3.8, 4) is 0 Å². The van der Waals surface area contributed by atoms with Gasteiger partial charge in [-0.2, -0.15) is 0 Å². The molecule has 0 spiro atoms. The van der Waals surface area contributed by atoms with Gasteiger partial charge in [0, 0.05) is 12.2 Å². The summed E-state index contributed by atoms with van der Waals surface area (Å²) in [5, 5.41) is 10.1. The van der Waals surface area contributed by atoms with Crippen LogP contribution in [0.5, 0.6) is 0 Å². The molecule has 3 amide bonds. The second-order valence-electron chi connectivity index (χ2n) is 6.99. The van der Waals surface area contributed by atoms with Crippen LogP contribution in [-0.2, 0) is 10.4 Å². The summed E-state index contributed by atoms with van der Waals surface area (Å²) in [4.78, 5) is 40.2. The van der Waals surface area contributed by atoms with E-state index in [1.807, 2.05) is 6.92 Å². The highest BCUT2D eigenvalue weighted by atomic mass is 16.3. The summed E-state index contributed by atoms with van der Waals surface area (Å²) in [6, 6.07) is 13.6. The first-order valence-corrected chi connectivity index (χ1v) is 8.82. The van der Waals surface area contributed by atoms with Crippen LogP contribution < -0.4 is 4.90 Å². The van der Waals surface area contributed by atoms with Gasteiger partial charge in [0.1, 0.15) is 6.54 Å². The third kappa shape index (κ3) is 3.48. The van der Waals surface area contributed by atoms with E-state index in [1.54, 1.807) is 62.4 Å². The van der Waals surface area contributed by atoms with Gasteiger partial charge in [-0.1, -0.05) is 24.3 Å². The molecule has 0 saturated carbocycles. The molecule has 0 atom stereocenters. The normalized spacial score (nSPS) is 13.7. The molecule has 2 aromatic rings. The molecule has 1 aliphatic heterocycles. The lowest BCUT2D eigenvalue weighted by Gasteiger charge is -2.25. The molecule has 6 heteroatoms. The maximum absolute atomic E-state index is 12.8. The van der Waals surface area contributed by atoms with Gasteiger partial charge in [0.25, 0.3) is 11.8 Å². The molecule has 1 heterocycles. The van der Waals surface area contributed by atoms with Crippen molar-refractivity contribution < 1.29 is 19.5 Å². The highest BCUT2D eigenvalue weighted by Gasteiger charge is 2.37. The third-order valence-corrected chi connectivity index (χ3v) is 4.67. The number of rotatable bonds is 5. The first-order chi connectivity index (χ1) is 12.7. The second kappa shape index (κ2) is 6.96. The molecule has 3 rings (SSSR count). The molecular formula is C21H22N2O4. The highest BCUT2D eigenvalue weighted by molar-refractivity contribution is 6.22. The lowest BCUT2D eigenvalue weighted by atomic mass is 9.98. The number of anilines is 1. The quantitative estimate of drug-likeness (QED) is 0.825. The maximum atomic E-state index is 12.8. The van der Waals surface area contributed by atoms with Crippen molar-refractivity contribution >= 4 is 23.4 Å². The summed E-state index contributed by atoms with van der Waals surface area (Å²) in [5.74, 6) is -1.24. The minimum atomic E-state index is -0.972. The number of carbonyl (C=O) groups is 3. The molecule has 6 nitrogen and oxygen atoms in total. The summed E-state index contributed by atoms with van der Waals surface area (Å²) >= 11 is 0. The Kier molecular flexibility index (Phi) is 4.85. The predicted octanol–water partition coefficient (Wildman–Crippen LogP) is 2.56. The third-order valence-electron chi connectivity index (χ3n) is 4.67. The van der Waals surface area contributed by atoms with Gasteiger partial charge in [-0.25, -0.2) is 0 Å². The lowest BCUT2D eigenvalue weighted by Crippen LogP contribution is -2.42. The molecule has 0 fully saturated rings. The van der Waals surface area contributed by atoms with Crippen LogP contribution >= 0.6 is 0 Å². The van der Waals surface area contributed by atoms with Crippen molar-refractivity contribution in [1.29, 1.82) is 0 Å². The average molecular weight is 366 g/mol. The van der Waals surface area contributed by atoms with Gasteiger partial charge in [-0.3, -0.25) is 19.3 Å². The van der Waals surface area contributed by atoms with Gasteiger partial charge >= 0.3 is 0 Å². The van der Waals surface area contributed by atoms with E-state index in [9.17, 15) is 19.5 Å². The molecule has 0 saturated heterocycles. The van der Waals surface area contributed by atoms with Crippen LogP contribution in [0, 0.1) is 0 Å². The van der Waals surface area contributed by atoms with E-state index in [1.165, 1.54) is 4.90 Å². The van der Waals surface area contributed by atoms with Crippen LogP contribution in [0.25, 0.3) is 0 Å². The summed E-state index contributed by atoms with van der Waals surface area (Å²) < 4.78 is 0. The molecule has 2 aromatic carbocycles. The Morgan fingerprint density at radius 2 is 1.52 bits per heavy atom. The molecular weight excluding hydrogens is 344 g/mol. The topological polar surface area (TPSA) is 77.9 Å². The number of fused-ring (bicyclic) bond motifs is 1. The largest absolute Gasteiger partial charge is 0.386 e. The van der Waals surface area contributed by atoms with Gasteiger partial charge in [0.05, 0.1) is 16.7 Å². The second-order valence-corrected chi connectivity index (χ2v) is 6.99. The summed E-state index contributed by atoms with van der Waals surface area (Å²) in [6.45, 7) is 5.28. The molecule has 1 N–H and O–H groups in total. The average Bonchev–Trinajstić information content (AvgIpc) is 2.87. The summed E-state index contributed by atoms with van der Waals surface area (Å²) in [7, 11) is 0. The Morgan fingerprint density at radius 1 is 1.00 bits per heavy atom. The first-order valence-electron chi connectivity index (χ1n) is 8.82. The van der Waals surface area contributed by atoms with Crippen molar-refractivity contribution in [2.45, 2.75) is 26.4 Å². The van der Waals surface area contributed by atoms with Crippen LogP contribution in [0.1, 0.15) is 47.1 Å². The predicted molar refractivity (Wildman–Crippen MR) is 102 cm³/mol. The monoisotopic (exact) mass is 366 g/mol. The molecule has 0 bridgehead atoms. The Hall–Kier alpha value is -2.99. The number of imide groups is 1. The molecule has 27 heavy (non-hydrogen) atoms. The number of carbonyl (C=O) groups excluding carboxylic acids is 3. The Labute approximate surface area is 158 Å². The Morgan fingerprint density at radius 3 is 1.96 bits per heavy atom. The number of aliphatic hydroxyl groups is 1. The van der Waals surface area contributed by atoms with Crippen LogP contribution in [0.2, 0.25) is 0 Å². The lowest BCUT2D eigenvalue weighted by molar-refractivity contribution is -0.118. The molecule has 1 aliphatic rings. The number of benzene rings is 2. The fraction of sp³-hybridized carbons (Fsp3) is 0.286. The molecule has 140 valence electrons. The summed E-state index contributed by atoms with van der Waals surface area (Å²) in [5.41, 5.74) is 1.06. The van der Waals surface area contributed by atoms with Gasteiger partial charge in [0.15, 0.2) is 0 Å². The zero-order valence-corrected chi connectivity index (χ0v) is 15.6. The SMILES string of the molecule is CCN(C(=O)CN1C(=O)c2ccccc2C1=O)c1ccc(C(C)(C)O)cc1. The van der Waals surface area contributed by atoms with Crippen molar-refractivity contribution in [1.82, 2.24) is 4.90 Å². The molecule has 0 aromatic heterocycles. The van der Waals surface area contributed by atoms with E-state index in [0.29, 0.717) is 23.4 Å². The van der Waals surface area contributed by atoms with E-state index in [4.69, 9.17) is 0 Å². The van der Waals surface area contributed by atoms with Gasteiger partial charge < -0.3 is 10.0 Å². The van der Waals surface area contributed by atoms with Crippen molar-refractivity contribution in [2.24, 2.45) is 0 Å². The zero-order chi connectivity index (χ0) is 19.8. The molecule has 0 aliphatic carbocycles. The van der Waals surface area contributed by atoms with Crippen LogP contribution in [0.4, 0.5) is 5.69 Å². The zero-order valence-electron chi connectivity index (χ0n) is 15.6. The molecule has 0 unspecified atom stereocenters. The number of hydrogen-bond donors (Lipinski definition) is 1. The van der Waals surface area contributed by atoms with Gasteiger partial charge in [-0.05, 0) is 50.6 Å². The maximum Gasteiger partial charge on any atom is 0.262 e. The number of nitrogens with zero attached hydrogens (tertiary/aromatic N) is 2. The van der Waals surface area contributed by atoms with Gasteiger partial charge in [0.2, 0.25) is 5.91 Å². The van der Waals surface area contributed by atoms with Gasteiger partial charge in [-0.15, -0.1) is 0 Å².